The van der Waals surface area contributed by atoms with Crippen LogP contribution in [-0.4, -0.2) is 27.0 Å². The summed E-state index contributed by atoms with van der Waals surface area (Å²) < 4.78 is 11.4. The molecule has 0 radical (unpaired) electrons. The standard InChI is InChI=1S/C21H27NO2Si/c1-16(24-25(6,7)21(2,3)4)18-15-17-11-8-9-12-19(17)22-20(18)13-10-14-23-5/h8-9,11-12,15H,1,14H2,2-7H3. The largest absolute Gasteiger partial charge is 0.543 e. The highest BCUT2D eigenvalue weighted by Crippen LogP contribution is 2.39. The number of nitrogens with zero attached hydrogens (tertiary/aromatic N) is 1. The molecule has 0 aliphatic heterocycles. The highest BCUT2D eigenvalue weighted by molar-refractivity contribution is 6.74. The van der Waals surface area contributed by atoms with E-state index in [-0.39, 0.29) is 5.04 Å². The first-order valence-electron chi connectivity index (χ1n) is 8.41. The number of fused-ring (bicyclic) bond motifs is 1. The molecule has 2 rings (SSSR count). The molecule has 0 N–H and O–H groups in total. The molecule has 0 bridgehead atoms. The van der Waals surface area contributed by atoms with E-state index in [0.717, 1.165) is 16.5 Å². The van der Waals surface area contributed by atoms with Crippen LogP contribution in [0.15, 0.2) is 36.9 Å². The summed E-state index contributed by atoms with van der Waals surface area (Å²) in [6, 6.07) is 10.1. The van der Waals surface area contributed by atoms with E-state index in [1.807, 2.05) is 24.3 Å². The molecular formula is C21H27NO2Si. The Morgan fingerprint density at radius 1 is 1.24 bits per heavy atom. The van der Waals surface area contributed by atoms with Gasteiger partial charge in [0.1, 0.15) is 18.1 Å². The lowest BCUT2D eigenvalue weighted by Crippen LogP contribution is -2.40. The van der Waals surface area contributed by atoms with Crippen molar-refractivity contribution in [2.45, 2.75) is 38.9 Å². The molecule has 0 amide bonds. The van der Waals surface area contributed by atoms with E-state index in [1.54, 1.807) is 7.11 Å². The number of hydrogen-bond donors (Lipinski definition) is 0. The molecule has 0 unspecified atom stereocenters. The van der Waals surface area contributed by atoms with Crippen LogP contribution in [0, 0.1) is 11.8 Å². The second kappa shape index (κ2) is 7.43. The van der Waals surface area contributed by atoms with E-state index in [0.29, 0.717) is 18.1 Å². The van der Waals surface area contributed by atoms with Gasteiger partial charge in [-0.25, -0.2) is 4.98 Å². The average Bonchev–Trinajstić information content (AvgIpc) is 2.53. The number of aromatic nitrogens is 1. The van der Waals surface area contributed by atoms with Gasteiger partial charge in [-0.3, -0.25) is 0 Å². The highest BCUT2D eigenvalue weighted by Gasteiger charge is 2.39. The van der Waals surface area contributed by atoms with Crippen LogP contribution in [0.1, 0.15) is 32.0 Å². The molecule has 0 saturated heterocycles. The summed E-state index contributed by atoms with van der Waals surface area (Å²) in [5, 5.41) is 1.15. The Morgan fingerprint density at radius 2 is 1.92 bits per heavy atom. The number of pyridine rings is 1. The third-order valence-corrected chi connectivity index (χ3v) is 9.00. The Bertz CT molecular complexity index is 838. The molecule has 132 valence electrons. The van der Waals surface area contributed by atoms with Crippen molar-refractivity contribution < 1.29 is 9.16 Å². The highest BCUT2D eigenvalue weighted by atomic mass is 28.4. The zero-order valence-electron chi connectivity index (χ0n) is 16.1. The van der Waals surface area contributed by atoms with Crippen LogP contribution in [0.2, 0.25) is 18.1 Å². The fourth-order valence-electron chi connectivity index (χ4n) is 2.13. The third-order valence-electron chi connectivity index (χ3n) is 4.63. The lowest BCUT2D eigenvalue weighted by atomic mass is 10.1. The molecule has 4 heteroatoms. The summed E-state index contributed by atoms with van der Waals surface area (Å²) in [4.78, 5) is 4.71. The molecule has 0 fully saturated rings. The zero-order chi connectivity index (χ0) is 18.7. The van der Waals surface area contributed by atoms with Crippen LogP contribution >= 0.6 is 0 Å². The Hall–Kier alpha value is -2.09. The number of benzene rings is 1. The Morgan fingerprint density at radius 3 is 2.56 bits per heavy atom. The lowest BCUT2D eigenvalue weighted by Gasteiger charge is -2.37. The van der Waals surface area contributed by atoms with Gasteiger partial charge in [-0.2, -0.15) is 0 Å². The van der Waals surface area contributed by atoms with Crippen molar-refractivity contribution in [2.75, 3.05) is 13.7 Å². The predicted octanol–water partition coefficient (Wildman–Crippen LogP) is 5.23. The molecule has 25 heavy (non-hydrogen) atoms. The molecule has 2 aromatic rings. The van der Waals surface area contributed by atoms with Crippen molar-refractivity contribution in [1.29, 1.82) is 0 Å². The first-order valence-corrected chi connectivity index (χ1v) is 11.3. The summed E-state index contributed by atoms with van der Waals surface area (Å²) in [6.07, 6.45) is 0. The van der Waals surface area contributed by atoms with Crippen LogP contribution in [0.3, 0.4) is 0 Å². The topological polar surface area (TPSA) is 31.4 Å². The van der Waals surface area contributed by atoms with Crippen molar-refractivity contribution in [2.24, 2.45) is 0 Å². The molecule has 1 heterocycles. The van der Waals surface area contributed by atoms with Crippen molar-refractivity contribution in [3.05, 3.63) is 48.2 Å². The first kappa shape index (κ1) is 19.2. The molecular weight excluding hydrogens is 326 g/mol. The van der Waals surface area contributed by atoms with Gasteiger partial charge in [0, 0.05) is 18.1 Å². The molecule has 0 atom stereocenters. The maximum Gasteiger partial charge on any atom is 0.250 e. The molecule has 1 aromatic carbocycles. The number of rotatable bonds is 4. The van der Waals surface area contributed by atoms with Gasteiger partial charge in [0.15, 0.2) is 0 Å². The van der Waals surface area contributed by atoms with Gasteiger partial charge in [0.25, 0.3) is 0 Å². The van der Waals surface area contributed by atoms with Crippen molar-refractivity contribution >= 4 is 25.0 Å². The minimum atomic E-state index is -1.98. The minimum Gasteiger partial charge on any atom is -0.543 e. The van der Waals surface area contributed by atoms with E-state index in [1.165, 1.54) is 0 Å². The average molecular weight is 354 g/mol. The second-order valence-electron chi connectivity index (χ2n) is 7.60. The van der Waals surface area contributed by atoms with Crippen molar-refractivity contribution in [3.8, 4) is 11.8 Å². The van der Waals surface area contributed by atoms with Crippen LogP contribution < -0.4 is 0 Å². The maximum atomic E-state index is 6.39. The smallest absolute Gasteiger partial charge is 0.250 e. The van der Waals surface area contributed by atoms with Gasteiger partial charge in [0.05, 0.1) is 5.52 Å². The Kier molecular flexibility index (Phi) is 5.71. The molecule has 0 aliphatic rings. The summed E-state index contributed by atoms with van der Waals surface area (Å²) in [5.74, 6) is 6.73. The van der Waals surface area contributed by atoms with Crippen molar-refractivity contribution in [1.82, 2.24) is 4.98 Å². The Balaban J connectivity index is 2.49. The Labute approximate surface area is 152 Å². The summed E-state index contributed by atoms with van der Waals surface area (Å²) in [5.41, 5.74) is 2.44. The number of methoxy groups -OCH3 is 1. The number of ether oxygens (including phenoxy) is 1. The maximum absolute atomic E-state index is 6.39. The predicted molar refractivity (Wildman–Crippen MR) is 108 cm³/mol. The van der Waals surface area contributed by atoms with Gasteiger partial charge >= 0.3 is 0 Å². The molecule has 0 saturated carbocycles. The van der Waals surface area contributed by atoms with Crippen LogP contribution in [-0.2, 0) is 9.16 Å². The number of hydrogen-bond acceptors (Lipinski definition) is 3. The third kappa shape index (κ3) is 4.50. The first-order chi connectivity index (χ1) is 11.7. The SMILES string of the molecule is C=C(O[Si](C)(C)C(C)(C)C)c1cc2ccccc2nc1C#CCOC. The van der Waals surface area contributed by atoms with Gasteiger partial charge < -0.3 is 9.16 Å². The van der Waals surface area contributed by atoms with E-state index < -0.39 is 8.32 Å². The molecule has 1 aromatic heterocycles. The van der Waals surface area contributed by atoms with Gasteiger partial charge in [-0.1, -0.05) is 51.5 Å². The quantitative estimate of drug-likeness (QED) is 0.429. The number of para-hydroxylation sites is 1. The molecule has 0 aliphatic carbocycles. The molecule has 3 nitrogen and oxygen atoms in total. The van der Waals surface area contributed by atoms with E-state index in [4.69, 9.17) is 14.1 Å². The monoisotopic (exact) mass is 353 g/mol. The summed E-state index contributed by atoms with van der Waals surface area (Å²) in [6.45, 7) is 15.6. The van der Waals surface area contributed by atoms with Gasteiger partial charge in [-0.05, 0) is 36.2 Å². The van der Waals surface area contributed by atoms with Crippen molar-refractivity contribution in [3.63, 3.8) is 0 Å². The summed E-state index contributed by atoms with van der Waals surface area (Å²) >= 11 is 0. The zero-order valence-corrected chi connectivity index (χ0v) is 17.1. The van der Waals surface area contributed by atoms with E-state index >= 15 is 0 Å². The van der Waals surface area contributed by atoms with Gasteiger partial charge in [-0.15, -0.1) is 0 Å². The fourth-order valence-corrected chi connectivity index (χ4v) is 3.16. The fraction of sp³-hybridized carbons (Fsp3) is 0.381. The lowest BCUT2D eigenvalue weighted by molar-refractivity contribution is 0.240. The summed E-state index contributed by atoms with van der Waals surface area (Å²) in [7, 11) is -0.352. The van der Waals surface area contributed by atoms with Crippen LogP contribution in [0.25, 0.3) is 16.7 Å². The second-order valence-corrected chi connectivity index (χ2v) is 12.3. The van der Waals surface area contributed by atoms with E-state index in [2.05, 4.69) is 58.4 Å². The van der Waals surface area contributed by atoms with Gasteiger partial charge in [0.2, 0.25) is 8.32 Å². The van der Waals surface area contributed by atoms with Crippen LogP contribution in [0.4, 0.5) is 0 Å². The van der Waals surface area contributed by atoms with E-state index in [9.17, 15) is 0 Å². The minimum absolute atomic E-state index is 0.0993. The van der Waals surface area contributed by atoms with Crippen LogP contribution in [0.5, 0.6) is 0 Å². The molecule has 0 spiro atoms. The normalized spacial score (nSPS) is 11.8.